The zero-order valence-corrected chi connectivity index (χ0v) is 25.9. The Balaban J connectivity index is 0.00000226. The highest BCUT2D eigenvalue weighted by molar-refractivity contribution is 7.22. The number of carbonyl (C=O) groups excluding carboxylic acids is 2. The first kappa shape index (κ1) is 33.7. The number of thiazole rings is 1. The number of carbonyl (C=O) groups is 2. The minimum absolute atomic E-state index is 0.0215. The van der Waals surface area contributed by atoms with E-state index >= 15 is 0 Å². The van der Waals surface area contributed by atoms with Crippen LogP contribution in [0.25, 0.3) is 21.5 Å². The molecule has 0 radical (unpaired) electrons. The number of fused-ring (bicyclic) bond motifs is 2. The Hall–Kier alpha value is -4.21. The van der Waals surface area contributed by atoms with Crippen LogP contribution in [0.3, 0.4) is 0 Å². The smallest absolute Gasteiger partial charge is 0.489 e. The average molecular weight is 670 g/mol. The third kappa shape index (κ3) is 6.74. The summed E-state index contributed by atoms with van der Waals surface area (Å²) < 4.78 is 62.9. The van der Waals surface area contributed by atoms with Gasteiger partial charge in [0, 0.05) is 16.7 Å². The molecule has 0 aliphatic carbocycles. The molecule has 10 nitrogen and oxygen atoms in total. The van der Waals surface area contributed by atoms with Gasteiger partial charge in [-0.3, -0.25) is 9.59 Å². The number of halogens is 5. The van der Waals surface area contributed by atoms with Gasteiger partial charge in [0.05, 0.1) is 22.0 Å². The van der Waals surface area contributed by atoms with Gasteiger partial charge in [-0.25, -0.2) is 14.4 Å². The van der Waals surface area contributed by atoms with Crippen molar-refractivity contribution in [2.75, 3.05) is 18.9 Å². The number of nitrogens with two attached hydrogens (primary N) is 2. The van der Waals surface area contributed by atoms with Crippen LogP contribution in [0.4, 0.5) is 22.7 Å². The van der Waals surface area contributed by atoms with Gasteiger partial charge in [0.1, 0.15) is 40.4 Å². The number of benzene rings is 2. The quantitative estimate of drug-likeness (QED) is 0.189. The first-order valence-corrected chi connectivity index (χ1v) is 14.6. The Labute approximate surface area is 263 Å². The fourth-order valence-electron chi connectivity index (χ4n) is 4.50. The number of aliphatic hydroxyl groups is 1. The molecule has 16 heteroatoms. The fraction of sp³-hybridized carbons (Fsp3) is 0.310. The van der Waals surface area contributed by atoms with Crippen LogP contribution in [-0.2, 0) is 15.8 Å². The first-order chi connectivity index (χ1) is 21.0. The summed E-state index contributed by atoms with van der Waals surface area (Å²) >= 11 is 6.84. The second-order valence-electron chi connectivity index (χ2n) is 10.2. The average Bonchev–Trinajstić information content (AvgIpc) is 3.53. The highest BCUT2D eigenvalue weighted by atomic mass is 35.5. The summed E-state index contributed by atoms with van der Waals surface area (Å²) in [5, 5.41) is 13.7. The van der Waals surface area contributed by atoms with Crippen LogP contribution < -0.4 is 26.3 Å². The zero-order valence-electron chi connectivity index (χ0n) is 24.3. The van der Waals surface area contributed by atoms with Crippen LogP contribution >= 0.6 is 22.9 Å². The number of hydrogen-bond acceptors (Lipinski definition) is 9. The summed E-state index contributed by atoms with van der Waals surface area (Å²) in [4.78, 5) is 33.8. The lowest BCUT2D eigenvalue weighted by atomic mass is 9.82. The number of hydrogen-bond donors (Lipinski definition) is 4. The molecule has 0 fully saturated rings. The Morgan fingerprint density at radius 1 is 1.20 bits per heavy atom. The van der Waals surface area contributed by atoms with Gasteiger partial charge in [-0.1, -0.05) is 36.8 Å². The molecule has 2 atom stereocenters. The highest BCUT2D eigenvalue weighted by Gasteiger charge is 2.45. The number of nitrogen functional groups attached to an aromatic ring is 1. The van der Waals surface area contributed by atoms with Crippen LogP contribution in [0.1, 0.15) is 49.3 Å². The van der Waals surface area contributed by atoms with Gasteiger partial charge in [-0.05, 0) is 50.2 Å². The molecule has 0 saturated carbocycles. The topological polar surface area (TPSA) is 163 Å². The molecule has 45 heavy (non-hydrogen) atoms. The fourth-order valence-corrected chi connectivity index (χ4v) is 5.47. The van der Waals surface area contributed by atoms with E-state index in [4.69, 9.17) is 27.8 Å². The van der Waals surface area contributed by atoms with E-state index < -0.39 is 47.3 Å². The van der Waals surface area contributed by atoms with Gasteiger partial charge < -0.3 is 31.4 Å². The third-order valence-corrected chi connectivity index (χ3v) is 8.04. The Kier molecular flexibility index (Phi) is 9.20. The lowest BCUT2D eigenvalue weighted by Gasteiger charge is -2.26. The van der Waals surface area contributed by atoms with Gasteiger partial charge in [0.15, 0.2) is 10.9 Å². The molecule has 2 amide bonds. The van der Waals surface area contributed by atoms with Gasteiger partial charge in [-0.15, -0.1) is 13.2 Å². The number of alkyl halides is 3. The molecule has 1 aliphatic heterocycles. The molecule has 1 aliphatic rings. The molecule has 3 heterocycles. The van der Waals surface area contributed by atoms with Crippen LogP contribution in [0, 0.1) is 5.82 Å². The zero-order chi connectivity index (χ0) is 33.5. The summed E-state index contributed by atoms with van der Waals surface area (Å²) in [6, 6.07) is 7.36. The van der Waals surface area contributed by atoms with Crippen LogP contribution in [0.5, 0.6) is 11.5 Å². The second-order valence-corrected chi connectivity index (χ2v) is 11.7. The van der Waals surface area contributed by atoms with Crippen molar-refractivity contribution in [1.82, 2.24) is 15.3 Å². The van der Waals surface area contributed by atoms with Crippen molar-refractivity contribution in [2.24, 2.45) is 5.73 Å². The Morgan fingerprint density at radius 3 is 2.51 bits per heavy atom. The largest absolute Gasteiger partial charge is 0.573 e. The maximum atomic E-state index is 13.9. The van der Waals surface area contributed by atoms with Crippen molar-refractivity contribution in [3.05, 3.63) is 64.1 Å². The van der Waals surface area contributed by atoms with Crippen molar-refractivity contribution in [3.63, 3.8) is 0 Å². The standard InChI is InChI=1S/C27H22ClF4N5O5S.C2H6/c1-25(23(33)39)10-41-21-13(25)8-18(36-19(21)11-3-4-15(29)14(28)5-11)26(2,40)9-35-22(38)12-6-16(42-27(30,31)32)20-17(7-12)43-24(34)37-20;1-2/h3-8,40H,9-10H2,1-2H3,(H2,33,39)(H2,34,37)(H,35,38);1-2H3/t25-,26-;/m0./s1. The van der Waals surface area contributed by atoms with E-state index in [1.54, 1.807) is 6.92 Å². The number of pyridine rings is 1. The van der Waals surface area contributed by atoms with E-state index in [1.165, 1.54) is 31.2 Å². The van der Waals surface area contributed by atoms with Crippen molar-refractivity contribution in [3.8, 4) is 22.8 Å². The number of rotatable bonds is 7. The number of nitrogens with one attached hydrogen (secondary N) is 1. The van der Waals surface area contributed by atoms with Crippen LogP contribution in [-0.4, -0.2) is 46.4 Å². The number of primary amides is 1. The highest BCUT2D eigenvalue weighted by Crippen LogP contribution is 2.46. The summed E-state index contributed by atoms with van der Waals surface area (Å²) in [5.41, 5.74) is 8.43. The van der Waals surface area contributed by atoms with Gasteiger partial charge in [0.2, 0.25) is 5.91 Å². The molecule has 2 aromatic carbocycles. The number of amides is 2. The molecular formula is C29H28ClF4N5O5S. The summed E-state index contributed by atoms with van der Waals surface area (Å²) in [6.07, 6.45) is -5.06. The predicted octanol–water partition coefficient (Wildman–Crippen LogP) is 5.43. The molecule has 6 N–H and O–H groups in total. The number of ether oxygens (including phenoxy) is 2. The SMILES string of the molecule is CC.C[C@](O)(CNC(=O)c1cc(OC(F)(F)F)c2nc(N)sc2c1)c1cc2c(c(-c3ccc(F)c(Cl)c3)n1)OC[C@]2(C)C(N)=O. The van der Waals surface area contributed by atoms with Crippen LogP contribution in [0.15, 0.2) is 36.4 Å². The van der Waals surface area contributed by atoms with Crippen molar-refractivity contribution >= 4 is 50.1 Å². The van der Waals surface area contributed by atoms with E-state index in [2.05, 4.69) is 20.0 Å². The molecule has 0 spiro atoms. The number of nitrogens with zero attached hydrogens (tertiary/aromatic N) is 2. The van der Waals surface area contributed by atoms with Gasteiger partial charge >= 0.3 is 6.36 Å². The minimum atomic E-state index is -5.06. The van der Waals surface area contributed by atoms with E-state index in [0.29, 0.717) is 11.1 Å². The molecule has 240 valence electrons. The monoisotopic (exact) mass is 669 g/mol. The van der Waals surface area contributed by atoms with E-state index in [0.717, 1.165) is 23.5 Å². The second kappa shape index (κ2) is 12.3. The van der Waals surface area contributed by atoms with E-state index in [-0.39, 0.29) is 49.7 Å². The molecule has 0 unspecified atom stereocenters. The molecular weight excluding hydrogens is 642 g/mol. The van der Waals surface area contributed by atoms with Gasteiger partial charge in [0.25, 0.3) is 5.91 Å². The van der Waals surface area contributed by atoms with Crippen molar-refractivity contribution < 1.29 is 41.7 Å². The molecule has 4 aromatic rings. The summed E-state index contributed by atoms with van der Waals surface area (Å²) in [7, 11) is 0. The molecule has 0 bridgehead atoms. The summed E-state index contributed by atoms with van der Waals surface area (Å²) in [5.74, 6) is -2.78. The third-order valence-electron chi connectivity index (χ3n) is 6.92. The molecule has 5 rings (SSSR count). The Bertz CT molecular complexity index is 1800. The van der Waals surface area contributed by atoms with Crippen LogP contribution in [0.2, 0.25) is 5.02 Å². The normalized spacial score (nSPS) is 17.0. The predicted molar refractivity (Wildman–Crippen MR) is 161 cm³/mol. The minimum Gasteiger partial charge on any atom is -0.489 e. The number of aromatic nitrogens is 2. The maximum Gasteiger partial charge on any atom is 0.573 e. The number of anilines is 1. The van der Waals surface area contributed by atoms with E-state index in [9.17, 15) is 32.3 Å². The molecule has 2 aromatic heterocycles. The lowest BCUT2D eigenvalue weighted by Crippen LogP contribution is -2.41. The molecule has 0 saturated heterocycles. The van der Waals surface area contributed by atoms with Crippen molar-refractivity contribution in [2.45, 2.75) is 45.1 Å². The van der Waals surface area contributed by atoms with E-state index in [1.807, 2.05) is 13.8 Å². The maximum absolute atomic E-state index is 13.9. The summed E-state index contributed by atoms with van der Waals surface area (Å²) in [6.45, 7) is 6.27. The Morgan fingerprint density at radius 2 is 1.89 bits per heavy atom. The van der Waals surface area contributed by atoms with Gasteiger partial charge in [-0.2, -0.15) is 0 Å². The first-order valence-electron chi connectivity index (χ1n) is 13.4. The van der Waals surface area contributed by atoms with Crippen molar-refractivity contribution in [1.29, 1.82) is 0 Å². The lowest BCUT2D eigenvalue weighted by molar-refractivity contribution is -0.274.